The molecule has 1 atom stereocenters. The molecule has 11 aromatic carbocycles. The number of rotatable bonds is 4. The van der Waals surface area contributed by atoms with Gasteiger partial charge in [0.25, 0.3) is 0 Å². The third-order valence-electron chi connectivity index (χ3n) is 15.2. The lowest BCUT2D eigenvalue weighted by molar-refractivity contribution is 0.776. The zero-order valence-electron chi connectivity index (χ0n) is 38.1. The lowest BCUT2D eigenvalue weighted by Gasteiger charge is -2.36. The van der Waals surface area contributed by atoms with Gasteiger partial charge in [0.2, 0.25) is 0 Å². The molecule has 0 bridgehead atoms. The van der Waals surface area contributed by atoms with E-state index in [1.165, 1.54) is 98.1 Å². The van der Waals surface area contributed by atoms with Gasteiger partial charge in [-0.3, -0.25) is 0 Å². The minimum atomic E-state index is -0.601. The molecule has 1 aromatic heterocycles. The van der Waals surface area contributed by atoms with Gasteiger partial charge in [0.05, 0.1) is 16.8 Å². The topological polar surface area (TPSA) is 6.48 Å². The lowest BCUT2D eigenvalue weighted by Crippen LogP contribution is -2.29. The second kappa shape index (κ2) is 15.1. The van der Waals surface area contributed by atoms with Crippen LogP contribution in [0.25, 0.3) is 75.8 Å². The maximum absolute atomic E-state index is 2.55. The van der Waals surface area contributed by atoms with E-state index >= 15 is 0 Å². The van der Waals surface area contributed by atoms with E-state index in [1.807, 2.05) is 11.3 Å². The molecule has 1 aliphatic heterocycles. The minimum absolute atomic E-state index is 0.601. The zero-order chi connectivity index (χ0) is 45.9. The fourth-order valence-electron chi connectivity index (χ4n) is 12.4. The standard InChI is InChI=1S/C67H42N2S/c1-3-19-43(20-4-1)68(45-35-37-49-52-27-11-16-32-63(52)69(44-21-5-2-6-22-44)64-33-17-12-28-53(64)55(49)39-45)46-36-38-61-56(40-46)48-24-8-7-23-47(48)50-25-9-14-30-59(50)67(61)60-31-15-10-26-51(60)57-42-66-58(41-62(57)67)54-29-13-18-34-65(54)70-66/h1-42H. The summed E-state index contributed by atoms with van der Waals surface area (Å²) in [5.41, 5.74) is 23.8. The first-order chi connectivity index (χ1) is 34.7. The van der Waals surface area contributed by atoms with Crippen LogP contribution in [0.5, 0.6) is 0 Å². The van der Waals surface area contributed by atoms with Crippen molar-refractivity contribution in [3.63, 3.8) is 0 Å². The van der Waals surface area contributed by atoms with Crippen molar-refractivity contribution in [2.24, 2.45) is 0 Å². The first-order valence-electron chi connectivity index (χ1n) is 24.2. The van der Waals surface area contributed by atoms with Gasteiger partial charge in [0, 0.05) is 54.0 Å². The molecule has 1 spiro atoms. The molecule has 2 aliphatic carbocycles. The monoisotopic (exact) mass is 906 g/mol. The highest BCUT2D eigenvalue weighted by atomic mass is 32.1. The van der Waals surface area contributed by atoms with Crippen molar-refractivity contribution in [2.45, 2.75) is 5.41 Å². The Balaban J connectivity index is 1.00. The molecule has 0 fully saturated rings. The molecule has 0 N–H and O–H groups in total. The third-order valence-corrected chi connectivity index (χ3v) is 16.3. The summed E-state index contributed by atoms with van der Waals surface area (Å²) < 4.78 is 2.65. The van der Waals surface area contributed by atoms with Crippen LogP contribution in [0, 0.1) is 0 Å². The highest BCUT2D eigenvalue weighted by molar-refractivity contribution is 7.25. The zero-order valence-corrected chi connectivity index (χ0v) is 38.9. The average Bonchev–Trinajstić information content (AvgIpc) is 3.86. The Hall–Kier alpha value is -8.76. The molecule has 70 heavy (non-hydrogen) atoms. The van der Waals surface area contributed by atoms with E-state index in [9.17, 15) is 0 Å². The van der Waals surface area contributed by atoms with Gasteiger partial charge in [-0.15, -0.1) is 11.3 Å². The molecule has 0 saturated heterocycles. The van der Waals surface area contributed by atoms with Crippen LogP contribution in [0.3, 0.4) is 0 Å². The molecule has 0 saturated carbocycles. The van der Waals surface area contributed by atoms with Crippen molar-refractivity contribution in [1.82, 2.24) is 0 Å². The van der Waals surface area contributed by atoms with Crippen molar-refractivity contribution in [2.75, 3.05) is 9.80 Å². The van der Waals surface area contributed by atoms with Crippen LogP contribution in [0.2, 0.25) is 0 Å². The molecule has 0 radical (unpaired) electrons. The van der Waals surface area contributed by atoms with Crippen LogP contribution in [-0.2, 0) is 5.41 Å². The summed E-state index contributed by atoms with van der Waals surface area (Å²) in [6, 6.07) is 95.2. The van der Waals surface area contributed by atoms with Gasteiger partial charge in [-0.25, -0.2) is 0 Å². The van der Waals surface area contributed by atoms with Crippen molar-refractivity contribution in [1.29, 1.82) is 0 Å². The van der Waals surface area contributed by atoms with Gasteiger partial charge < -0.3 is 9.80 Å². The van der Waals surface area contributed by atoms with Crippen molar-refractivity contribution in [3.05, 3.63) is 277 Å². The van der Waals surface area contributed by atoms with Crippen molar-refractivity contribution < 1.29 is 0 Å². The van der Waals surface area contributed by atoms with Gasteiger partial charge >= 0.3 is 0 Å². The van der Waals surface area contributed by atoms with Crippen LogP contribution in [0.1, 0.15) is 22.3 Å². The van der Waals surface area contributed by atoms with E-state index in [2.05, 4.69) is 265 Å². The second-order valence-corrected chi connectivity index (χ2v) is 19.8. The number of hydrogen-bond acceptors (Lipinski definition) is 3. The van der Waals surface area contributed by atoms with Gasteiger partial charge in [-0.05, 0) is 146 Å². The van der Waals surface area contributed by atoms with Gasteiger partial charge in [0.1, 0.15) is 0 Å². The predicted octanol–water partition coefficient (Wildman–Crippen LogP) is 18.7. The van der Waals surface area contributed by atoms with Gasteiger partial charge in [-0.1, -0.05) is 176 Å². The molecule has 0 amide bonds. The summed E-state index contributed by atoms with van der Waals surface area (Å²) in [4.78, 5) is 4.88. The number of fused-ring (bicyclic) bond motifs is 20. The maximum atomic E-state index is 2.55. The van der Waals surface area contributed by atoms with E-state index in [0.29, 0.717) is 0 Å². The summed E-state index contributed by atoms with van der Waals surface area (Å²) >= 11 is 1.90. The highest BCUT2D eigenvalue weighted by Gasteiger charge is 2.50. The molecule has 2 heterocycles. The van der Waals surface area contributed by atoms with E-state index in [0.717, 1.165) is 34.1 Å². The molecule has 3 aliphatic rings. The van der Waals surface area contributed by atoms with Crippen LogP contribution in [0.15, 0.2) is 255 Å². The van der Waals surface area contributed by atoms with E-state index in [-0.39, 0.29) is 0 Å². The van der Waals surface area contributed by atoms with Crippen LogP contribution in [-0.4, -0.2) is 0 Å². The fourth-order valence-corrected chi connectivity index (χ4v) is 13.5. The van der Waals surface area contributed by atoms with Crippen molar-refractivity contribution in [3.8, 4) is 55.6 Å². The fraction of sp³-hybridized carbons (Fsp3) is 0.0149. The number of thiophene rings is 1. The number of para-hydroxylation sites is 4. The SMILES string of the molecule is c1ccc(N(c2ccc3c(c2)-c2ccccc2N(c2ccccc2)c2ccccc2-3)c2ccc3c(c2)-c2ccccc2-c2ccccc2C32c3ccccc3-c3cc4sc5ccccc5c4cc32)cc1. The molecule has 3 heteroatoms. The third kappa shape index (κ3) is 5.49. The normalized spacial score (nSPS) is 14.6. The largest absolute Gasteiger partial charge is 0.310 e. The molecule has 15 rings (SSSR count). The Morgan fingerprint density at radius 1 is 0.286 bits per heavy atom. The molecule has 12 aromatic rings. The lowest BCUT2D eigenvalue weighted by atomic mass is 9.65. The van der Waals surface area contributed by atoms with Crippen LogP contribution >= 0.6 is 11.3 Å². The summed E-state index contributed by atoms with van der Waals surface area (Å²) in [7, 11) is 0. The Bertz CT molecular complexity index is 4090. The first-order valence-corrected chi connectivity index (χ1v) is 25.0. The predicted molar refractivity (Wildman–Crippen MR) is 295 cm³/mol. The van der Waals surface area contributed by atoms with Crippen LogP contribution in [0.4, 0.5) is 34.1 Å². The highest BCUT2D eigenvalue weighted by Crippen LogP contribution is 2.63. The summed E-state index contributed by atoms with van der Waals surface area (Å²) in [6.07, 6.45) is 0. The van der Waals surface area contributed by atoms with E-state index in [1.54, 1.807) is 0 Å². The Morgan fingerprint density at radius 3 is 1.49 bits per heavy atom. The van der Waals surface area contributed by atoms with E-state index in [4.69, 9.17) is 0 Å². The first kappa shape index (κ1) is 39.3. The number of hydrogen-bond donors (Lipinski definition) is 0. The van der Waals surface area contributed by atoms with Crippen LogP contribution < -0.4 is 9.80 Å². The second-order valence-electron chi connectivity index (χ2n) is 18.7. The number of benzene rings is 11. The summed E-state index contributed by atoms with van der Waals surface area (Å²) in [5, 5.41) is 2.63. The van der Waals surface area contributed by atoms with E-state index < -0.39 is 5.41 Å². The smallest absolute Gasteiger partial charge is 0.0725 e. The molecular weight excluding hydrogens is 865 g/mol. The Kier molecular flexibility index (Phi) is 8.48. The maximum Gasteiger partial charge on any atom is 0.0725 e. The van der Waals surface area contributed by atoms with Gasteiger partial charge in [-0.2, -0.15) is 0 Å². The van der Waals surface area contributed by atoms with Gasteiger partial charge in [0.15, 0.2) is 0 Å². The molecule has 326 valence electrons. The molecular formula is C67H42N2S. The number of anilines is 6. The number of nitrogens with zero attached hydrogens (tertiary/aromatic N) is 2. The summed E-state index contributed by atoms with van der Waals surface area (Å²) in [5.74, 6) is 0. The average molecular weight is 907 g/mol. The molecule has 1 unspecified atom stereocenters. The Labute approximate surface area is 411 Å². The quantitative estimate of drug-likeness (QED) is 0.174. The molecule has 2 nitrogen and oxygen atoms in total. The Morgan fingerprint density at radius 2 is 0.771 bits per heavy atom. The van der Waals surface area contributed by atoms with Crippen molar-refractivity contribution >= 4 is 65.6 Å². The summed E-state index contributed by atoms with van der Waals surface area (Å²) in [6.45, 7) is 0. The minimum Gasteiger partial charge on any atom is -0.310 e.